The summed E-state index contributed by atoms with van der Waals surface area (Å²) < 4.78 is 0.964. The predicted octanol–water partition coefficient (Wildman–Crippen LogP) is 4.47. The number of aliphatic imine (C=N–C) groups is 1. The van der Waals surface area contributed by atoms with Gasteiger partial charge in [-0.2, -0.15) is 5.10 Å². The van der Waals surface area contributed by atoms with Crippen LogP contribution in [0.25, 0.3) is 23.6 Å². The molecular weight excluding hydrogens is 378 g/mol. The van der Waals surface area contributed by atoms with E-state index in [9.17, 15) is 0 Å². The third-order valence-electron chi connectivity index (χ3n) is 4.86. The van der Waals surface area contributed by atoms with E-state index in [1.807, 2.05) is 30.5 Å². The number of nitrogens with one attached hydrogen (secondary N) is 2. The Morgan fingerprint density at radius 3 is 3.14 bits per heavy atom. The number of hydrogen-bond acceptors (Lipinski definition) is 5. The minimum Gasteiger partial charge on any atom is -0.362 e. The van der Waals surface area contributed by atoms with Crippen LogP contribution in [-0.2, 0) is 0 Å². The standard InChI is InChI=1S/C23H25N5S/c1-3-24-23-27-20(16(2)29-23)10-7-11-21(17-8-5-4-6-9-17)26-19-12-13-22-18(14-19)15-25-28-22/h7-8,10-15H,2-6,9H2,1H3,(H,24,27)(H,25,28)/b11-7+,20-10+,26-21?. The topological polar surface area (TPSA) is 66.0 Å². The van der Waals surface area contributed by atoms with Gasteiger partial charge in [0, 0.05) is 16.5 Å². The smallest absolute Gasteiger partial charge is 0.183 e. The summed E-state index contributed by atoms with van der Waals surface area (Å²) in [4.78, 5) is 9.55. The van der Waals surface area contributed by atoms with Gasteiger partial charge in [0.05, 0.1) is 28.5 Å². The SMILES string of the molecule is C=c1sc(NCC)n/c1=C/C=C/C(=Nc1ccc2[nH]ncc2c1)C1=CCCCC1. The van der Waals surface area contributed by atoms with Gasteiger partial charge in [-0.1, -0.05) is 30.1 Å². The third-order valence-corrected chi connectivity index (χ3v) is 5.74. The number of rotatable bonds is 6. The molecule has 6 heteroatoms. The van der Waals surface area contributed by atoms with E-state index in [0.717, 1.165) is 56.7 Å². The van der Waals surface area contributed by atoms with Crippen LogP contribution >= 0.6 is 11.3 Å². The molecule has 0 saturated heterocycles. The number of benzene rings is 1. The molecule has 1 aromatic carbocycles. The second kappa shape index (κ2) is 9.01. The number of thiazole rings is 1. The first-order valence-electron chi connectivity index (χ1n) is 10.0. The lowest BCUT2D eigenvalue weighted by molar-refractivity contribution is 0.717. The number of aromatic amines is 1. The van der Waals surface area contributed by atoms with E-state index in [-0.39, 0.29) is 0 Å². The van der Waals surface area contributed by atoms with Crippen LogP contribution in [0.5, 0.6) is 0 Å². The molecule has 5 nitrogen and oxygen atoms in total. The van der Waals surface area contributed by atoms with Gasteiger partial charge < -0.3 is 5.32 Å². The Morgan fingerprint density at radius 1 is 1.38 bits per heavy atom. The summed E-state index contributed by atoms with van der Waals surface area (Å²) in [7, 11) is 0. The zero-order valence-corrected chi connectivity index (χ0v) is 17.4. The summed E-state index contributed by atoms with van der Waals surface area (Å²) in [6, 6.07) is 6.12. The summed E-state index contributed by atoms with van der Waals surface area (Å²) >= 11 is 1.58. The van der Waals surface area contributed by atoms with Crippen LogP contribution < -0.4 is 15.2 Å². The van der Waals surface area contributed by atoms with Crippen molar-refractivity contribution in [2.45, 2.75) is 32.6 Å². The van der Waals surface area contributed by atoms with Crippen molar-refractivity contribution in [3.63, 3.8) is 0 Å². The molecule has 148 valence electrons. The first kappa shape index (κ1) is 19.3. The van der Waals surface area contributed by atoms with Crippen molar-refractivity contribution in [3.8, 4) is 0 Å². The number of nitrogens with zero attached hydrogens (tertiary/aromatic N) is 3. The summed E-state index contributed by atoms with van der Waals surface area (Å²) in [6.45, 7) is 7.02. The molecular formula is C23H25N5S. The van der Waals surface area contributed by atoms with Crippen molar-refractivity contribution >= 4 is 51.4 Å². The molecule has 29 heavy (non-hydrogen) atoms. The van der Waals surface area contributed by atoms with Crippen LogP contribution in [0, 0.1) is 0 Å². The summed E-state index contributed by atoms with van der Waals surface area (Å²) in [5, 5.41) is 13.2. The maximum absolute atomic E-state index is 4.95. The number of hydrogen-bond donors (Lipinski definition) is 2. The molecule has 1 aliphatic rings. The van der Waals surface area contributed by atoms with E-state index < -0.39 is 0 Å². The van der Waals surface area contributed by atoms with E-state index >= 15 is 0 Å². The van der Waals surface area contributed by atoms with Crippen LogP contribution in [0.2, 0.25) is 0 Å². The highest BCUT2D eigenvalue weighted by atomic mass is 32.1. The molecule has 0 amide bonds. The average molecular weight is 404 g/mol. The Bertz CT molecular complexity index is 1200. The molecule has 4 rings (SSSR count). The minimum atomic E-state index is 0.855. The van der Waals surface area contributed by atoms with Gasteiger partial charge in [-0.15, -0.1) is 0 Å². The molecule has 0 saturated carbocycles. The van der Waals surface area contributed by atoms with Gasteiger partial charge in [0.1, 0.15) is 0 Å². The van der Waals surface area contributed by atoms with Crippen LogP contribution in [0.4, 0.5) is 10.8 Å². The van der Waals surface area contributed by atoms with E-state index in [1.54, 1.807) is 11.3 Å². The second-order valence-corrected chi connectivity index (χ2v) is 8.08. The third kappa shape index (κ3) is 4.71. The van der Waals surface area contributed by atoms with Crippen LogP contribution in [0.15, 0.2) is 53.2 Å². The fourth-order valence-corrected chi connectivity index (χ4v) is 4.19. The highest BCUT2D eigenvalue weighted by Gasteiger charge is 2.09. The molecule has 1 aliphatic carbocycles. The Labute approximate surface area is 174 Å². The van der Waals surface area contributed by atoms with E-state index in [0.29, 0.717) is 0 Å². The molecule has 2 heterocycles. The molecule has 0 unspecified atom stereocenters. The first-order valence-corrected chi connectivity index (χ1v) is 10.8. The fraction of sp³-hybridized carbons (Fsp3) is 0.261. The Morgan fingerprint density at radius 2 is 2.31 bits per heavy atom. The zero-order valence-electron chi connectivity index (χ0n) is 16.6. The van der Waals surface area contributed by atoms with Crippen LogP contribution in [-0.4, -0.2) is 27.4 Å². The van der Waals surface area contributed by atoms with E-state index in [1.165, 1.54) is 18.4 Å². The van der Waals surface area contributed by atoms with Gasteiger partial charge in [0.25, 0.3) is 0 Å². The Hall–Kier alpha value is -2.99. The van der Waals surface area contributed by atoms with E-state index in [4.69, 9.17) is 4.99 Å². The molecule has 0 radical (unpaired) electrons. The van der Waals surface area contributed by atoms with Crippen molar-refractivity contribution in [2.75, 3.05) is 11.9 Å². The number of fused-ring (bicyclic) bond motifs is 1. The Kier molecular flexibility index (Phi) is 6.00. The molecule has 0 aliphatic heterocycles. The van der Waals surface area contributed by atoms with Gasteiger partial charge >= 0.3 is 0 Å². The minimum absolute atomic E-state index is 0.855. The van der Waals surface area contributed by atoms with Crippen molar-refractivity contribution in [1.82, 2.24) is 15.2 Å². The summed E-state index contributed by atoms with van der Waals surface area (Å²) in [5.41, 5.74) is 4.28. The number of allylic oxidation sites excluding steroid dienone is 4. The maximum Gasteiger partial charge on any atom is 0.183 e. The van der Waals surface area contributed by atoms with Crippen molar-refractivity contribution in [2.24, 2.45) is 4.99 Å². The van der Waals surface area contributed by atoms with Gasteiger partial charge in [0.15, 0.2) is 5.13 Å². The normalized spacial score (nSPS) is 16.0. The van der Waals surface area contributed by atoms with Crippen LogP contribution in [0.3, 0.4) is 0 Å². The zero-order chi connectivity index (χ0) is 20.1. The molecule has 2 N–H and O–H groups in total. The highest BCUT2D eigenvalue weighted by Crippen LogP contribution is 2.24. The van der Waals surface area contributed by atoms with Gasteiger partial charge in [-0.05, 0) is 68.5 Å². The van der Waals surface area contributed by atoms with Crippen molar-refractivity contribution < 1.29 is 0 Å². The Balaban J connectivity index is 1.67. The van der Waals surface area contributed by atoms with E-state index in [2.05, 4.69) is 52.2 Å². The number of anilines is 1. The highest BCUT2D eigenvalue weighted by molar-refractivity contribution is 7.13. The first-order chi connectivity index (χ1) is 14.2. The predicted molar refractivity (Wildman–Crippen MR) is 124 cm³/mol. The maximum atomic E-state index is 4.95. The van der Waals surface area contributed by atoms with Crippen molar-refractivity contribution in [3.05, 3.63) is 58.1 Å². The summed E-state index contributed by atoms with van der Waals surface area (Å²) in [6.07, 6.45) is 14.9. The van der Waals surface area contributed by atoms with Crippen molar-refractivity contribution in [1.29, 1.82) is 0 Å². The average Bonchev–Trinajstić information content (AvgIpc) is 3.34. The molecule has 3 aromatic rings. The monoisotopic (exact) mass is 403 g/mol. The lowest BCUT2D eigenvalue weighted by Gasteiger charge is -2.13. The quantitative estimate of drug-likeness (QED) is 0.597. The van der Waals surface area contributed by atoms with Gasteiger partial charge in [-0.25, -0.2) is 9.98 Å². The molecule has 0 fully saturated rings. The number of aromatic nitrogens is 3. The fourth-order valence-electron chi connectivity index (χ4n) is 3.38. The molecule has 0 atom stereocenters. The molecule has 0 spiro atoms. The lowest BCUT2D eigenvalue weighted by Crippen LogP contribution is -2.18. The van der Waals surface area contributed by atoms with Gasteiger partial charge in [0.2, 0.25) is 0 Å². The molecule has 0 bridgehead atoms. The second-order valence-electron chi connectivity index (χ2n) is 7.00. The largest absolute Gasteiger partial charge is 0.362 e. The number of H-pyrrole nitrogens is 1. The molecule has 2 aromatic heterocycles. The van der Waals surface area contributed by atoms with Gasteiger partial charge in [-0.3, -0.25) is 5.10 Å². The summed E-state index contributed by atoms with van der Waals surface area (Å²) in [5.74, 6) is 0. The lowest BCUT2D eigenvalue weighted by atomic mass is 9.95. The van der Waals surface area contributed by atoms with Crippen LogP contribution in [0.1, 0.15) is 32.6 Å².